The van der Waals surface area contributed by atoms with Crippen LogP contribution >= 0.6 is 11.6 Å². The van der Waals surface area contributed by atoms with E-state index in [2.05, 4.69) is 10.6 Å². The molecule has 0 spiro atoms. The van der Waals surface area contributed by atoms with Crippen molar-refractivity contribution in [3.05, 3.63) is 89.0 Å². The van der Waals surface area contributed by atoms with Gasteiger partial charge in [-0.05, 0) is 67.4 Å². The molecule has 1 atom stereocenters. The maximum Gasteiger partial charge on any atom is 0.227 e. The summed E-state index contributed by atoms with van der Waals surface area (Å²) in [6.07, 6.45) is 1.13. The molecule has 0 N–H and O–H groups in total. The number of carbonyl (C=O) groups is 1. The van der Waals surface area contributed by atoms with Gasteiger partial charge in [-0.1, -0.05) is 29.8 Å². The molecular weight excluding hydrogens is 453 g/mol. The fourth-order valence-corrected chi connectivity index (χ4v) is 4.65. The van der Waals surface area contributed by atoms with E-state index in [1.165, 1.54) is 12.1 Å². The zero-order valence-corrected chi connectivity index (χ0v) is 19.6. The van der Waals surface area contributed by atoms with Crippen LogP contribution in [0, 0.1) is 12.7 Å². The second kappa shape index (κ2) is 9.47. The Kier molecular flexibility index (Phi) is 6.24. The van der Waals surface area contributed by atoms with E-state index in [1.54, 1.807) is 17.0 Å². The van der Waals surface area contributed by atoms with Crippen molar-refractivity contribution >= 4 is 34.2 Å². The summed E-state index contributed by atoms with van der Waals surface area (Å²) in [5.41, 5.74) is 3.51. The first-order chi connectivity index (χ1) is 16.5. The summed E-state index contributed by atoms with van der Waals surface area (Å²) in [6, 6.07) is 19.8. The maximum atomic E-state index is 13.7. The molecule has 1 unspecified atom stereocenters. The summed E-state index contributed by atoms with van der Waals surface area (Å²) in [7, 11) is 0. The molecule has 4 aromatic rings. The maximum absolute atomic E-state index is 13.7. The number of anilines is 1. The van der Waals surface area contributed by atoms with Crippen LogP contribution in [-0.4, -0.2) is 28.6 Å². The predicted molar refractivity (Wildman–Crippen MR) is 132 cm³/mol. The van der Waals surface area contributed by atoms with Crippen LogP contribution in [-0.2, 0) is 11.3 Å². The number of benzene rings is 3. The smallest absolute Gasteiger partial charge is 0.227 e. The number of aryl methyl sites for hydroxylation is 2. The summed E-state index contributed by atoms with van der Waals surface area (Å²) in [4.78, 5) is 19.3. The van der Waals surface area contributed by atoms with Crippen LogP contribution in [0.1, 0.15) is 30.1 Å². The zero-order chi connectivity index (χ0) is 23.7. The lowest BCUT2D eigenvalue weighted by molar-refractivity contribution is -0.117. The van der Waals surface area contributed by atoms with Crippen LogP contribution in [0.4, 0.5) is 10.1 Å². The minimum Gasteiger partial charge on any atom is -0.494 e. The normalized spacial score (nSPS) is 15.9. The molecule has 3 aromatic carbocycles. The van der Waals surface area contributed by atoms with Gasteiger partial charge in [-0.2, -0.15) is 0 Å². The van der Waals surface area contributed by atoms with Crippen molar-refractivity contribution in [3.8, 4) is 5.75 Å². The van der Waals surface area contributed by atoms with Gasteiger partial charge in [0, 0.05) is 36.1 Å². The van der Waals surface area contributed by atoms with E-state index in [1.807, 2.05) is 43.3 Å². The largest absolute Gasteiger partial charge is 0.494 e. The van der Waals surface area contributed by atoms with E-state index in [-0.39, 0.29) is 17.6 Å². The molecular formula is C27H25ClFN3O2. The predicted octanol–water partition coefficient (Wildman–Crippen LogP) is 6.13. The van der Waals surface area contributed by atoms with Gasteiger partial charge in [0.2, 0.25) is 5.91 Å². The first-order valence-corrected chi connectivity index (χ1v) is 11.8. The highest BCUT2D eigenvalue weighted by atomic mass is 35.5. The van der Waals surface area contributed by atoms with E-state index in [0.29, 0.717) is 31.8 Å². The van der Waals surface area contributed by atoms with Crippen molar-refractivity contribution in [2.45, 2.75) is 32.2 Å². The summed E-state index contributed by atoms with van der Waals surface area (Å²) in [6.45, 7) is 3.69. The molecule has 1 fully saturated rings. The lowest BCUT2D eigenvalue weighted by Crippen LogP contribution is -2.24. The second-order valence-electron chi connectivity index (χ2n) is 8.61. The number of rotatable bonds is 7. The molecule has 7 heteroatoms. The molecule has 2 heterocycles. The molecule has 0 aliphatic carbocycles. The average Bonchev–Trinajstić information content (AvgIpc) is 3.39. The molecule has 34 heavy (non-hydrogen) atoms. The number of para-hydroxylation sites is 2. The Morgan fingerprint density at radius 1 is 1.12 bits per heavy atom. The highest BCUT2D eigenvalue weighted by Crippen LogP contribution is 2.33. The molecule has 5 rings (SSSR count). The van der Waals surface area contributed by atoms with Crippen molar-refractivity contribution in [2.75, 3.05) is 18.1 Å². The molecule has 5 nitrogen and oxygen atoms in total. The molecule has 1 aliphatic heterocycles. The Morgan fingerprint density at radius 2 is 1.97 bits per heavy atom. The number of aromatic nitrogens is 2. The standard InChI is InChI=1S/C27H25ClFN3O2/c1-18-14-22(10-11-23(18)28)34-13-5-12-31-25-9-3-2-8-24(25)30-27(31)19-15-26(33)32(17-19)21-7-4-6-20(29)16-21/h2-4,6-11,14,16,19H,5,12-13,15,17H2,1H3. The first-order valence-electron chi connectivity index (χ1n) is 11.4. The van der Waals surface area contributed by atoms with Gasteiger partial charge >= 0.3 is 0 Å². The van der Waals surface area contributed by atoms with Crippen LogP contribution in [0.3, 0.4) is 0 Å². The molecule has 1 aliphatic rings. The number of hydrogen-bond donors (Lipinski definition) is 0. The highest BCUT2D eigenvalue weighted by molar-refractivity contribution is 6.31. The first kappa shape index (κ1) is 22.4. The Morgan fingerprint density at radius 3 is 2.79 bits per heavy atom. The zero-order valence-electron chi connectivity index (χ0n) is 18.9. The van der Waals surface area contributed by atoms with Gasteiger partial charge in [0.1, 0.15) is 17.4 Å². The molecule has 1 amide bonds. The van der Waals surface area contributed by atoms with E-state index in [9.17, 15) is 9.18 Å². The number of hydrogen-bond acceptors (Lipinski definition) is 3. The number of carbonyl (C=O) groups excluding carboxylic acids is 1. The number of ether oxygens (including phenoxy) is 1. The molecule has 0 saturated carbocycles. The fraction of sp³-hybridized carbons (Fsp3) is 0.259. The SMILES string of the molecule is Cc1cc(OCCCn2c(C3CC(=O)N(c4cccc(F)c4)C3)nc3ccccc32)ccc1Cl. The topological polar surface area (TPSA) is 47.4 Å². The van der Waals surface area contributed by atoms with Crippen molar-refractivity contribution in [1.82, 2.24) is 9.55 Å². The average molecular weight is 478 g/mol. The van der Waals surface area contributed by atoms with Gasteiger partial charge in [-0.3, -0.25) is 4.79 Å². The number of imidazole rings is 1. The Bertz CT molecular complexity index is 1350. The van der Waals surface area contributed by atoms with Crippen molar-refractivity contribution in [1.29, 1.82) is 0 Å². The van der Waals surface area contributed by atoms with Crippen molar-refractivity contribution in [2.24, 2.45) is 0 Å². The third kappa shape index (κ3) is 4.50. The monoisotopic (exact) mass is 477 g/mol. The minimum atomic E-state index is -0.350. The molecule has 1 aromatic heterocycles. The summed E-state index contributed by atoms with van der Waals surface area (Å²) in [5.74, 6) is 1.25. The Balaban J connectivity index is 1.34. The van der Waals surface area contributed by atoms with Gasteiger partial charge in [0.15, 0.2) is 0 Å². The summed E-state index contributed by atoms with van der Waals surface area (Å²) >= 11 is 6.10. The molecule has 174 valence electrons. The second-order valence-corrected chi connectivity index (χ2v) is 9.02. The Labute approximate surface area is 202 Å². The van der Waals surface area contributed by atoms with Crippen LogP contribution in [0.25, 0.3) is 11.0 Å². The highest BCUT2D eigenvalue weighted by Gasteiger charge is 2.34. The van der Waals surface area contributed by atoms with Crippen LogP contribution in [0.5, 0.6) is 5.75 Å². The van der Waals surface area contributed by atoms with Crippen LogP contribution in [0.2, 0.25) is 5.02 Å². The van der Waals surface area contributed by atoms with E-state index in [0.717, 1.165) is 39.6 Å². The van der Waals surface area contributed by atoms with Crippen LogP contribution in [0.15, 0.2) is 66.7 Å². The third-order valence-electron chi connectivity index (χ3n) is 6.22. The fourth-order valence-electron chi connectivity index (χ4n) is 4.53. The third-order valence-corrected chi connectivity index (χ3v) is 6.64. The summed E-state index contributed by atoms with van der Waals surface area (Å²) in [5, 5.41) is 0.722. The molecule has 0 bridgehead atoms. The molecule has 1 saturated heterocycles. The van der Waals surface area contributed by atoms with Gasteiger partial charge < -0.3 is 14.2 Å². The minimum absolute atomic E-state index is 0.0179. The Hall–Kier alpha value is -3.38. The van der Waals surface area contributed by atoms with E-state index < -0.39 is 0 Å². The van der Waals surface area contributed by atoms with E-state index >= 15 is 0 Å². The quantitative estimate of drug-likeness (QED) is 0.301. The van der Waals surface area contributed by atoms with Gasteiger partial charge in [0.25, 0.3) is 0 Å². The molecule has 0 radical (unpaired) electrons. The lowest BCUT2D eigenvalue weighted by atomic mass is 10.1. The van der Waals surface area contributed by atoms with Crippen molar-refractivity contribution in [3.63, 3.8) is 0 Å². The van der Waals surface area contributed by atoms with Crippen molar-refractivity contribution < 1.29 is 13.9 Å². The number of amides is 1. The number of fused-ring (bicyclic) bond motifs is 1. The number of nitrogens with zero attached hydrogens (tertiary/aromatic N) is 3. The van der Waals surface area contributed by atoms with Crippen LogP contribution < -0.4 is 9.64 Å². The van der Waals surface area contributed by atoms with Gasteiger partial charge in [-0.25, -0.2) is 9.37 Å². The van der Waals surface area contributed by atoms with E-state index in [4.69, 9.17) is 21.3 Å². The summed E-state index contributed by atoms with van der Waals surface area (Å²) < 4.78 is 21.9. The lowest BCUT2D eigenvalue weighted by Gasteiger charge is -2.17. The van der Waals surface area contributed by atoms with Gasteiger partial charge in [0.05, 0.1) is 17.6 Å². The van der Waals surface area contributed by atoms with Gasteiger partial charge in [-0.15, -0.1) is 0 Å². The number of halogens is 2.